The van der Waals surface area contributed by atoms with Crippen LogP contribution in [0.2, 0.25) is 0 Å². The molecule has 0 aliphatic carbocycles. The van der Waals surface area contributed by atoms with Crippen LogP contribution >= 0.6 is 15.9 Å². The Labute approximate surface area is 183 Å². The third-order valence-corrected chi connectivity index (χ3v) is 6.86. The van der Waals surface area contributed by atoms with Crippen molar-refractivity contribution in [3.63, 3.8) is 0 Å². The van der Waals surface area contributed by atoms with Crippen LogP contribution in [0.4, 0.5) is 5.69 Å². The van der Waals surface area contributed by atoms with Crippen LogP contribution in [-0.4, -0.2) is 38.0 Å². The lowest BCUT2D eigenvalue weighted by molar-refractivity contribution is -0.652. The number of β-amino-alcohol motifs (C(OH)–C–C–N with tert-alkyl or cyclic N) is 1. The van der Waals surface area contributed by atoms with E-state index in [9.17, 15) is 9.90 Å². The second-order valence-corrected chi connectivity index (χ2v) is 8.91. The quantitative estimate of drug-likeness (QED) is 0.602. The van der Waals surface area contributed by atoms with Crippen LogP contribution < -0.4 is 10.5 Å². The fourth-order valence-electron chi connectivity index (χ4n) is 4.77. The largest absolute Gasteiger partial charge is 0.346 e. The Kier molecular flexibility index (Phi) is 4.48. The van der Waals surface area contributed by atoms with Crippen molar-refractivity contribution < 1.29 is 9.68 Å². The highest BCUT2D eigenvalue weighted by atomic mass is 79.9. The zero-order chi connectivity index (χ0) is 21.0. The molecule has 1 aromatic heterocycles. The number of nitrogens with zero attached hydrogens (tertiary/aromatic N) is 4. The first kappa shape index (κ1) is 19.3. The van der Waals surface area contributed by atoms with Gasteiger partial charge in [-0.2, -0.15) is 0 Å². The molecule has 0 saturated heterocycles. The molecule has 6 nitrogen and oxygen atoms in total. The van der Waals surface area contributed by atoms with Gasteiger partial charge < -0.3 is 5.11 Å². The minimum absolute atomic E-state index is 0.0689. The molecular formula is C23H24BrN4O2+. The third-order valence-electron chi connectivity index (χ3n) is 6.33. The summed E-state index contributed by atoms with van der Waals surface area (Å²) in [6, 6.07) is 17.5. The summed E-state index contributed by atoms with van der Waals surface area (Å²) in [5, 5.41) is 11.8. The summed E-state index contributed by atoms with van der Waals surface area (Å²) < 4.78 is 6.63. The summed E-state index contributed by atoms with van der Waals surface area (Å²) in [4.78, 5) is 15.6. The second-order valence-electron chi connectivity index (χ2n) is 7.99. The van der Waals surface area contributed by atoms with Crippen molar-refractivity contribution in [1.29, 1.82) is 0 Å². The lowest BCUT2D eigenvalue weighted by Gasteiger charge is -2.23. The van der Waals surface area contributed by atoms with Gasteiger partial charge in [-0.3, -0.25) is 9.48 Å². The molecule has 2 aliphatic rings. The molecule has 0 spiro atoms. The fourth-order valence-corrected chi connectivity index (χ4v) is 5.04. The topological polar surface area (TPSA) is 53.4 Å². The van der Waals surface area contributed by atoms with Crippen molar-refractivity contribution in [2.45, 2.75) is 25.5 Å². The number of aromatic nitrogens is 2. The molecule has 1 N–H and O–H groups in total. The van der Waals surface area contributed by atoms with E-state index in [0.717, 1.165) is 46.6 Å². The van der Waals surface area contributed by atoms with Gasteiger partial charge in [-0.05, 0) is 37.6 Å². The Hall–Kier alpha value is -2.64. The van der Waals surface area contributed by atoms with E-state index in [1.54, 1.807) is 4.68 Å². The Morgan fingerprint density at radius 3 is 2.50 bits per heavy atom. The maximum absolute atomic E-state index is 13.6. The highest BCUT2D eigenvalue weighted by molar-refractivity contribution is 9.10. The molecule has 30 heavy (non-hydrogen) atoms. The Morgan fingerprint density at radius 1 is 1.10 bits per heavy atom. The Balaban J connectivity index is 1.64. The second kappa shape index (κ2) is 6.96. The van der Waals surface area contributed by atoms with E-state index < -0.39 is 5.72 Å². The molecule has 3 heterocycles. The highest BCUT2D eigenvalue weighted by Crippen LogP contribution is 2.36. The molecule has 0 bridgehead atoms. The van der Waals surface area contributed by atoms with E-state index >= 15 is 0 Å². The third kappa shape index (κ3) is 2.72. The average Bonchev–Trinajstić information content (AvgIpc) is 3.39. The lowest BCUT2D eigenvalue weighted by atomic mass is 10.0. The Bertz CT molecular complexity index is 1210. The van der Waals surface area contributed by atoms with Gasteiger partial charge in [0.25, 0.3) is 11.6 Å². The minimum atomic E-state index is -1.15. The molecule has 0 saturated carbocycles. The number of hydrogen-bond acceptors (Lipinski definition) is 3. The van der Waals surface area contributed by atoms with E-state index in [4.69, 9.17) is 0 Å². The molecule has 0 radical (unpaired) electrons. The van der Waals surface area contributed by atoms with Crippen LogP contribution in [0.25, 0.3) is 5.69 Å². The average molecular weight is 468 g/mol. The van der Waals surface area contributed by atoms with E-state index in [-0.39, 0.29) is 5.56 Å². The number of anilines is 1. The van der Waals surface area contributed by atoms with E-state index in [1.165, 1.54) is 0 Å². The predicted octanol–water partition coefficient (Wildman–Crippen LogP) is 3.12. The van der Waals surface area contributed by atoms with Gasteiger partial charge in [0.2, 0.25) is 5.69 Å². The van der Waals surface area contributed by atoms with E-state index in [0.29, 0.717) is 12.2 Å². The van der Waals surface area contributed by atoms with Gasteiger partial charge in [-0.25, -0.2) is 14.2 Å². The molecular weight excluding hydrogens is 444 g/mol. The van der Waals surface area contributed by atoms with Crippen LogP contribution in [0.15, 0.2) is 63.9 Å². The molecule has 3 aromatic rings. The van der Waals surface area contributed by atoms with Crippen molar-refractivity contribution in [2.75, 3.05) is 18.0 Å². The molecule has 1 unspecified atom stereocenters. The zero-order valence-corrected chi connectivity index (χ0v) is 18.6. The van der Waals surface area contributed by atoms with Gasteiger partial charge in [0, 0.05) is 17.1 Å². The first-order valence-corrected chi connectivity index (χ1v) is 10.9. The van der Waals surface area contributed by atoms with Crippen molar-refractivity contribution >= 4 is 27.5 Å². The van der Waals surface area contributed by atoms with Crippen molar-refractivity contribution in [3.05, 3.63) is 80.7 Å². The molecule has 0 amide bonds. The lowest BCUT2D eigenvalue weighted by Crippen LogP contribution is -2.41. The van der Waals surface area contributed by atoms with Gasteiger partial charge in [0.05, 0.1) is 24.3 Å². The van der Waals surface area contributed by atoms with Crippen molar-refractivity contribution in [3.8, 4) is 5.69 Å². The first-order chi connectivity index (χ1) is 14.4. The number of amidine groups is 1. The SMILES string of the molecule is Cc1c(N2CC(O)(c3ccc(Br)cc3)[N+]3=C2CCC3)c(=O)n(-c2ccccc2)n1C. The normalized spacial score (nSPS) is 20.9. The van der Waals surface area contributed by atoms with Crippen LogP contribution in [0, 0.1) is 6.92 Å². The van der Waals surface area contributed by atoms with Gasteiger partial charge in [0.1, 0.15) is 0 Å². The first-order valence-electron chi connectivity index (χ1n) is 10.2. The molecule has 154 valence electrons. The summed E-state index contributed by atoms with van der Waals surface area (Å²) in [5.41, 5.74) is 1.96. The summed E-state index contributed by atoms with van der Waals surface area (Å²) in [6.45, 7) is 3.07. The van der Waals surface area contributed by atoms with Crippen molar-refractivity contribution in [1.82, 2.24) is 9.36 Å². The van der Waals surface area contributed by atoms with Crippen molar-refractivity contribution in [2.24, 2.45) is 7.05 Å². The number of benzene rings is 2. The summed E-state index contributed by atoms with van der Waals surface area (Å²) >= 11 is 3.47. The molecule has 0 fully saturated rings. The molecule has 2 aliphatic heterocycles. The van der Waals surface area contributed by atoms with E-state index in [2.05, 4.69) is 20.5 Å². The van der Waals surface area contributed by atoms with Crippen LogP contribution in [0.5, 0.6) is 0 Å². The summed E-state index contributed by atoms with van der Waals surface area (Å²) in [5.74, 6) is 1.02. The number of aliphatic hydroxyl groups is 1. The number of hydrogen-bond donors (Lipinski definition) is 1. The maximum Gasteiger partial charge on any atom is 0.318 e. The van der Waals surface area contributed by atoms with Gasteiger partial charge in [0.15, 0.2) is 6.54 Å². The molecule has 1 atom stereocenters. The molecule has 5 rings (SSSR count). The number of halogens is 1. The monoisotopic (exact) mass is 467 g/mol. The van der Waals surface area contributed by atoms with Crippen LogP contribution in [-0.2, 0) is 12.8 Å². The smallest absolute Gasteiger partial charge is 0.318 e. The summed E-state index contributed by atoms with van der Waals surface area (Å²) in [6.07, 6.45) is 1.81. The van der Waals surface area contributed by atoms with Crippen LogP contribution in [0.3, 0.4) is 0 Å². The van der Waals surface area contributed by atoms with Gasteiger partial charge >= 0.3 is 5.56 Å². The maximum atomic E-state index is 13.6. The molecule has 2 aromatic carbocycles. The van der Waals surface area contributed by atoms with E-state index in [1.807, 2.05) is 78.2 Å². The number of para-hydroxylation sites is 1. The predicted molar refractivity (Wildman–Crippen MR) is 121 cm³/mol. The standard InChI is InChI=1S/C23H24BrN4O2/c1-16-21(22(29)28(25(16)2)19-7-4-3-5-8-19)26-15-23(30,27-14-6-9-20(26)27)17-10-12-18(24)13-11-17/h3-5,7-8,10-13,30H,6,9,14-15H2,1-2H3/q+1. The van der Waals surface area contributed by atoms with Crippen LogP contribution in [0.1, 0.15) is 24.1 Å². The zero-order valence-electron chi connectivity index (χ0n) is 17.0. The fraction of sp³-hybridized carbons (Fsp3) is 0.304. The Morgan fingerprint density at radius 2 is 1.80 bits per heavy atom. The number of rotatable bonds is 3. The summed E-state index contributed by atoms with van der Waals surface area (Å²) in [7, 11) is 1.90. The minimum Gasteiger partial charge on any atom is -0.346 e. The highest BCUT2D eigenvalue weighted by Gasteiger charge is 2.55. The van der Waals surface area contributed by atoms with Gasteiger partial charge in [-0.15, -0.1) is 0 Å². The van der Waals surface area contributed by atoms with Gasteiger partial charge in [-0.1, -0.05) is 46.3 Å². The molecule has 7 heteroatoms.